The molecule has 0 unspecified atom stereocenters. The highest BCUT2D eigenvalue weighted by molar-refractivity contribution is 5.29. The number of rotatable bonds is 3. The van der Waals surface area contributed by atoms with Crippen molar-refractivity contribution in [2.24, 2.45) is 0 Å². The molecular weight excluding hydrogens is 193 g/mol. The number of hydrogen-bond donors (Lipinski definition) is 1. The van der Waals surface area contributed by atoms with Crippen molar-refractivity contribution in [1.29, 1.82) is 0 Å². The van der Waals surface area contributed by atoms with Gasteiger partial charge in [-0.25, -0.2) is 4.39 Å². The first-order chi connectivity index (χ1) is 7.15. The van der Waals surface area contributed by atoms with Gasteiger partial charge < -0.3 is 10.1 Å². The summed E-state index contributed by atoms with van der Waals surface area (Å²) in [5.41, 5.74) is 2.08. The Balaban J connectivity index is 2.16. The van der Waals surface area contributed by atoms with Gasteiger partial charge in [0.2, 0.25) is 0 Å². The summed E-state index contributed by atoms with van der Waals surface area (Å²) in [7, 11) is 1.74. The monoisotopic (exact) mass is 209 g/mol. The molecule has 82 valence electrons. The van der Waals surface area contributed by atoms with E-state index in [0.29, 0.717) is 0 Å². The van der Waals surface area contributed by atoms with E-state index >= 15 is 0 Å². The maximum absolute atomic E-state index is 12.9. The van der Waals surface area contributed by atoms with Crippen LogP contribution in [0.25, 0.3) is 0 Å². The molecule has 1 heterocycles. The van der Waals surface area contributed by atoms with Gasteiger partial charge in [-0.05, 0) is 30.2 Å². The molecule has 1 aliphatic heterocycles. The van der Waals surface area contributed by atoms with E-state index in [4.69, 9.17) is 4.74 Å². The highest BCUT2D eigenvalue weighted by atomic mass is 19.1. The average Bonchev–Trinajstić information content (AvgIpc) is 2.14. The van der Waals surface area contributed by atoms with Gasteiger partial charge in [-0.3, -0.25) is 0 Å². The quantitative estimate of drug-likeness (QED) is 0.817. The van der Waals surface area contributed by atoms with Crippen LogP contribution in [0.15, 0.2) is 18.2 Å². The summed E-state index contributed by atoms with van der Waals surface area (Å²) >= 11 is 0. The molecule has 0 aromatic heterocycles. The third kappa shape index (κ3) is 2.03. The van der Waals surface area contributed by atoms with Crippen molar-refractivity contribution < 1.29 is 9.13 Å². The molecule has 0 amide bonds. The third-order valence-corrected chi connectivity index (χ3v) is 3.14. The number of halogens is 1. The van der Waals surface area contributed by atoms with Gasteiger partial charge in [0, 0.05) is 26.6 Å². The highest BCUT2D eigenvalue weighted by Crippen LogP contribution is 2.23. The van der Waals surface area contributed by atoms with Crippen molar-refractivity contribution in [1.82, 2.24) is 5.32 Å². The molecule has 1 aromatic rings. The summed E-state index contributed by atoms with van der Waals surface area (Å²) in [5, 5.41) is 3.20. The summed E-state index contributed by atoms with van der Waals surface area (Å²) in [4.78, 5) is 0. The standard InChI is InChI=1S/C12H16FNO/c1-9-5-11(13)4-3-10(9)6-12(15-2)7-14-8-12/h3-5,14H,6-8H2,1-2H3. The fraction of sp³-hybridized carbons (Fsp3) is 0.500. The number of nitrogens with one attached hydrogen (secondary N) is 1. The number of aryl methyl sites for hydroxylation is 1. The largest absolute Gasteiger partial charge is 0.375 e. The Bertz CT molecular complexity index is 355. The van der Waals surface area contributed by atoms with Gasteiger partial charge in [0.25, 0.3) is 0 Å². The molecule has 3 heteroatoms. The lowest BCUT2D eigenvalue weighted by molar-refractivity contribution is -0.0503. The Morgan fingerprint density at radius 1 is 1.47 bits per heavy atom. The number of ether oxygens (including phenoxy) is 1. The fourth-order valence-electron chi connectivity index (χ4n) is 1.95. The molecule has 0 radical (unpaired) electrons. The van der Waals surface area contributed by atoms with Crippen LogP contribution in [0.3, 0.4) is 0 Å². The van der Waals surface area contributed by atoms with E-state index in [9.17, 15) is 4.39 Å². The lowest BCUT2D eigenvalue weighted by Crippen LogP contribution is -2.61. The zero-order valence-electron chi connectivity index (χ0n) is 9.14. The normalized spacial score (nSPS) is 18.6. The Kier molecular flexibility index (Phi) is 2.76. The van der Waals surface area contributed by atoms with Crippen LogP contribution in [0, 0.1) is 12.7 Å². The van der Waals surface area contributed by atoms with E-state index in [1.165, 1.54) is 11.6 Å². The van der Waals surface area contributed by atoms with Crippen molar-refractivity contribution >= 4 is 0 Å². The lowest BCUT2D eigenvalue weighted by atomic mass is 9.87. The Hall–Kier alpha value is -0.930. The zero-order valence-corrected chi connectivity index (χ0v) is 9.14. The van der Waals surface area contributed by atoms with Crippen LogP contribution in [0.5, 0.6) is 0 Å². The van der Waals surface area contributed by atoms with Crippen molar-refractivity contribution in [3.8, 4) is 0 Å². The molecule has 15 heavy (non-hydrogen) atoms. The zero-order chi connectivity index (χ0) is 10.9. The summed E-state index contributed by atoms with van der Waals surface area (Å²) in [6, 6.07) is 4.94. The molecule has 1 aliphatic rings. The van der Waals surface area contributed by atoms with Crippen molar-refractivity contribution in [3.63, 3.8) is 0 Å². The van der Waals surface area contributed by atoms with Crippen LogP contribution in [0.1, 0.15) is 11.1 Å². The van der Waals surface area contributed by atoms with Crippen molar-refractivity contribution in [3.05, 3.63) is 35.1 Å². The summed E-state index contributed by atoms with van der Waals surface area (Å²) in [6.07, 6.45) is 0.850. The second-order valence-electron chi connectivity index (χ2n) is 4.24. The van der Waals surface area contributed by atoms with Crippen molar-refractivity contribution in [2.75, 3.05) is 20.2 Å². The van der Waals surface area contributed by atoms with Gasteiger partial charge in [-0.2, -0.15) is 0 Å². The molecule has 0 spiro atoms. The van der Waals surface area contributed by atoms with Crippen LogP contribution in [-0.4, -0.2) is 25.8 Å². The molecule has 1 saturated heterocycles. The van der Waals surface area contributed by atoms with Crippen LogP contribution in [0.4, 0.5) is 4.39 Å². The van der Waals surface area contributed by atoms with E-state index in [-0.39, 0.29) is 11.4 Å². The minimum atomic E-state index is -0.172. The molecule has 0 atom stereocenters. The first-order valence-corrected chi connectivity index (χ1v) is 5.16. The highest BCUT2D eigenvalue weighted by Gasteiger charge is 2.37. The van der Waals surface area contributed by atoms with Gasteiger partial charge in [0.05, 0.1) is 5.60 Å². The van der Waals surface area contributed by atoms with Crippen LogP contribution >= 0.6 is 0 Å². The van der Waals surface area contributed by atoms with Gasteiger partial charge in [0.1, 0.15) is 5.82 Å². The Labute approximate surface area is 89.4 Å². The smallest absolute Gasteiger partial charge is 0.123 e. The van der Waals surface area contributed by atoms with Gasteiger partial charge in [-0.15, -0.1) is 0 Å². The average molecular weight is 209 g/mol. The third-order valence-electron chi connectivity index (χ3n) is 3.14. The minimum Gasteiger partial charge on any atom is -0.375 e. The van der Waals surface area contributed by atoms with Crippen LogP contribution < -0.4 is 5.32 Å². The summed E-state index contributed by atoms with van der Waals surface area (Å²) in [6.45, 7) is 3.69. The van der Waals surface area contributed by atoms with E-state index in [0.717, 1.165) is 25.1 Å². The molecule has 2 nitrogen and oxygen atoms in total. The van der Waals surface area contributed by atoms with E-state index < -0.39 is 0 Å². The fourth-order valence-corrected chi connectivity index (χ4v) is 1.95. The van der Waals surface area contributed by atoms with Crippen LogP contribution in [-0.2, 0) is 11.2 Å². The maximum atomic E-state index is 12.9. The second kappa shape index (κ2) is 3.91. The van der Waals surface area contributed by atoms with Crippen molar-refractivity contribution in [2.45, 2.75) is 18.9 Å². The second-order valence-corrected chi connectivity index (χ2v) is 4.24. The molecular formula is C12H16FNO. The maximum Gasteiger partial charge on any atom is 0.123 e. The SMILES string of the molecule is COC1(Cc2ccc(F)cc2C)CNC1. The molecule has 0 aliphatic carbocycles. The topological polar surface area (TPSA) is 21.3 Å². The molecule has 0 saturated carbocycles. The molecule has 1 fully saturated rings. The van der Waals surface area contributed by atoms with Gasteiger partial charge in [0.15, 0.2) is 0 Å². The predicted octanol–water partition coefficient (Wildman–Crippen LogP) is 1.67. The van der Waals surface area contributed by atoms with E-state index in [1.54, 1.807) is 13.2 Å². The predicted molar refractivity (Wildman–Crippen MR) is 57.5 cm³/mol. The van der Waals surface area contributed by atoms with Crippen LogP contribution in [0.2, 0.25) is 0 Å². The number of methoxy groups -OCH3 is 1. The minimum absolute atomic E-state index is 0.0808. The van der Waals surface area contributed by atoms with Gasteiger partial charge >= 0.3 is 0 Å². The van der Waals surface area contributed by atoms with Gasteiger partial charge in [-0.1, -0.05) is 6.07 Å². The molecule has 1 N–H and O–H groups in total. The Morgan fingerprint density at radius 3 is 2.67 bits per heavy atom. The van der Waals surface area contributed by atoms with E-state index in [1.807, 2.05) is 13.0 Å². The lowest BCUT2D eigenvalue weighted by Gasteiger charge is -2.41. The van der Waals surface area contributed by atoms with E-state index in [2.05, 4.69) is 5.32 Å². The molecule has 0 bridgehead atoms. The summed E-state index contributed by atoms with van der Waals surface area (Å²) in [5.74, 6) is -0.172. The number of hydrogen-bond acceptors (Lipinski definition) is 2. The number of benzene rings is 1. The first kappa shape index (κ1) is 10.6. The first-order valence-electron chi connectivity index (χ1n) is 5.16. The molecule has 1 aromatic carbocycles. The molecule has 2 rings (SSSR count). The Morgan fingerprint density at radius 2 is 2.20 bits per heavy atom. The summed E-state index contributed by atoms with van der Waals surface area (Å²) < 4.78 is 18.4.